The fraction of sp³-hybridized carbons (Fsp3) is 0.286. The number of hydrogen-bond acceptors (Lipinski definition) is 9. The second kappa shape index (κ2) is 7.49. The molecule has 0 amide bonds. The summed E-state index contributed by atoms with van der Waals surface area (Å²) in [6, 6.07) is 9.23. The molecule has 154 valence electrons. The lowest BCUT2D eigenvalue weighted by molar-refractivity contribution is -0.116. The maximum atomic E-state index is 13.4. The first-order chi connectivity index (χ1) is 14.7. The SMILES string of the molecule is COc1cccc([C@H]2Nc3nonc3NC3=C2C(=O)C[C@H](c2cccs2)C3)c1OC. The zero-order valence-corrected chi connectivity index (χ0v) is 17.3. The molecule has 0 unspecified atom stereocenters. The molecule has 1 aliphatic carbocycles. The van der Waals surface area contributed by atoms with Crippen molar-refractivity contribution in [3.05, 3.63) is 57.4 Å². The molecule has 8 nitrogen and oxygen atoms in total. The average Bonchev–Trinajstić information content (AvgIpc) is 3.42. The number of methoxy groups -OCH3 is 2. The van der Waals surface area contributed by atoms with Gasteiger partial charge in [0.25, 0.3) is 0 Å². The summed E-state index contributed by atoms with van der Waals surface area (Å²) in [5.74, 6) is 2.27. The van der Waals surface area contributed by atoms with Gasteiger partial charge in [-0.25, -0.2) is 4.63 Å². The molecule has 0 bridgehead atoms. The highest BCUT2D eigenvalue weighted by atomic mass is 32.1. The molecule has 1 aromatic carbocycles. The highest BCUT2D eigenvalue weighted by Gasteiger charge is 2.39. The molecular weight excluding hydrogens is 404 g/mol. The third-order valence-corrected chi connectivity index (χ3v) is 6.56. The van der Waals surface area contributed by atoms with Gasteiger partial charge in [-0.3, -0.25) is 4.79 Å². The Kier molecular flexibility index (Phi) is 4.66. The van der Waals surface area contributed by atoms with Crippen molar-refractivity contribution in [3.63, 3.8) is 0 Å². The third kappa shape index (κ3) is 3.02. The van der Waals surface area contributed by atoms with Crippen molar-refractivity contribution < 1.29 is 18.9 Å². The van der Waals surface area contributed by atoms with E-state index in [4.69, 9.17) is 14.1 Å². The van der Waals surface area contributed by atoms with Crippen LogP contribution >= 0.6 is 11.3 Å². The van der Waals surface area contributed by atoms with E-state index in [0.717, 1.165) is 11.3 Å². The van der Waals surface area contributed by atoms with Crippen LogP contribution in [0.15, 0.2) is 51.6 Å². The number of nitrogens with one attached hydrogen (secondary N) is 2. The Morgan fingerprint density at radius 1 is 1.10 bits per heavy atom. The highest BCUT2D eigenvalue weighted by Crippen LogP contribution is 2.47. The summed E-state index contributed by atoms with van der Waals surface area (Å²) >= 11 is 1.67. The maximum Gasteiger partial charge on any atom is 0.219 e. The first kappa shape index (κ1) is 18.7. The summed E-state index contributed by atoms with van der Waals surface area (Å²) in [5, 5.41) is 16.6. The van der Waals surface area contributed by atoms with Crippen molar-refractivity contribution in [1.82, 2.24) is 10.3 Å². The summed E-state index contributed by atoms with van der Waals surface area (Å²) in [6.07, 6.45) is 1.14. The molecule has 0 spiro atoms. The van der Waals surface area contributed by atoms with E-state index in [1.54, 1.807) is 25.6 Å². The van der Waals surface area contributed by atoms with Crippen molar-refractivity contribution in [3.8, 4) is 11.5 Å². The number of ether oxygens (including phenoxy) is 2. The summed E-state index contributed by atoms with van der Waals surface area (Å²) in [6.45, 7) is 0. The summed E-state index contributed by atoms with van der Waals surface area (Å²) in [7, 11) is 3.18. The third-order valence-electron chi connectivity index (χ3n) is 5.53. The number of para-hydroxylation sites is 1. The number of Topliss-reactive ketones (excluding diaryl/α,β-unsaturated/α-hetero) is 1. The quantitative estimate of drug-likeness (QED) is 0.645. The van der Waals surface area contributed by atoms with E-state index in [-0.39, 0.29) is 11.7 Å². The van der Waals surface area contributed by atoms with Gasteiger partial charge in [0, 0.05) is 34.0 Å². The summed E-state index contributed by atoms with van der Waals surface area (Å²) in [5.41, 5.74) is 2.26. The molecule has 2 aromatic heterocycles. The van der Waals surface area contributed by atoms with E-state index in [1.165, 1.54) is 4.88 Å². The van der Waals surface area contributed by atoms with Crippen LogP contribution in [0.4, 0.5) is 11.6 Å². The fourth-order valence-corrected chi connectivity index (χ4v) is 5.03. The van der Waals surface area contributed by atoms with Gasteiger partial charge in [-0.2, -0.15) is 0 Å². The van der Waals surface area contributed by atoms with Gasteiger partial charge in [-0.05, 0) is 34.2 Å². The standard InChI is InChI=1S/C21H20N4O4S/c1-27-15-6-3-5-12(19(15)28-2)18-17-13(22-20-21(23-18)25-29-24-20)9-11(10-14(17)26)16-7-4-8-30-16/h3-8,11,18H,9-10H2,1-2H3,(H,22,24)(H,23,25)/t11-,18-/m1/s1. The lowest BCUT2D eigenvalue weighted by Gasteiger charge is -2.29. The minimum absolute atomic E-state index is 0.0756. The van der Waals surface area contributed by atoms with Crippen molar-refractivity contribution >= 4 is 28.8 Å². The number of anilines is 2. The second-order valence-corrected chi connectivity index (χ2v) is 8.16. The predicted octanol–water partition coefficient (Wildman–Crippen LogP) is 4.13. The van der Waals surface area contributed by atoms with Gasteiger partial charge in [0.2, 0.25) is 11.6 Å². The van der Waals surface area contributed by atoms with Gasteiger partial charge in [0.15, 0.2) is 17.3 Å². The van der Waals surface area contributed by atoms with Gasteiger partial charge < -0.3 is 20.1 Å². The molecule has 2 N–H and O–H groups in total. The molecule has 0 radical (unpaired) electrons. The summed E-state index contributed by atoms with van der Waals surface area (Å²) < 4.78 is 16.0. The zero-order chi connectivity index (χ0) is 20.7. The molecule has 2 atom stereocenters. The molecule has 3 aromatic rings. The normalized spacial score (nSPS) is 20.5. The van der Waals surface area contributed by atoms with E-state index in [9.17, 15) is 4.79 Å². The van der Waals surface area contributed by atoms with E-state index < -0.39 is 6.04 Å². The Morgan fingerprint density at radius 2 is 1.97 bits per heavy atom. The second-order valence-electron chi connectivity index (χ2n) is 7.18. The van der Waals surface area contributed by atoms with Crippen LogP contribution in [0.5, 0.6) is 11.5 Å². The molecule has 5 rings (SSSR count). The number of ketones is 1. The largest absolute Gasteiger partial charge is 0.493 e. The van der Waals surface area contributed by atoms with E-state index in [1.807, 2.05) is 29.6 Å². The van der Waals surface area contributed by atoms with Gasteiger partial charge in [0.1, 0.15) is 0 Å². The highest BCUT2D eigenvalue weighted by molar-refractivity contribution is 7.10. The molecule has 0 fully saturated rings. The molecular formula is C21H20N4O4S. The van der Waals surface area contributed by atoms with Crippen LogP contribution in [0.1, 0.15) is 35.2 Å². The van der Waals surface area contributed by atoms with Crippen molar-refractivity contribution in [2.24, 2.45) is 0 Å². The Labute approximate surface area is 176 Å². The van der Waals surface area contributed by atoms with Crippen molar-refractivity contribution in [1.29, 1.82) is 0 Å². The predicted molar refractivity (Wildman–Crippen MR) is 112 cm³/mol. The van der Waals surface area contributed by atoms with Crippen LogP contribution in [0.2, 0.25) is 0 Å². The van der Waals surface area contributed by atoms with Crippen LogP contribution in [-0.4, -0.2) is 30.3 Å². The van der Waals surface area contributed by atoms with Crippen LogP contribution in [0.25, 0.3) is 0 Å². The summed E-state index contributed by atoms with van der Waals surface area (Å²) in [4.78, 5) is 14.6. The van der Waals surface area contributed by atoms with Crippen molar-refractivity contribution in [2.45, 2.75) is 24.8 Å². The van der Waals surface area contributed by atoms with Gasteiger partial charge in [-0.15, -0.1) is 11.3 Å². The number of allylic oxidation sites excluding steroid dienone is 1. The van der Waals surface area contributed by atoms with Crippen LogP contribution in [-0.2, 0) is 4.79 Å². The van der Waals surface area contributed by atoms with Gasteiger partial charge >= 0.3 is 0 Å². The number of aromatic nitrogens is 2. The smallest absolute Gasteiger partial charge is 0.219 e. The van der Waals surface area contributed by atoms with E-state index >= 15 is 0 Å². The first-order valence-electron chi connectivity index (χ1n) is 9.56. The van der Waals surface area contributed by atoms with Crippen LogP contribution in [0.3, 0.4) is 0 Å². The zero-order valence-electron chi connectivity index (χ0n) is 16.5. The number of fused-ring (bicyclic) bond motifs is 1. The number of carbonyl (C=O) groups excluding carboxylic acids is 1. The first-order valence-corrected chi connectivity index (χ1v) is 10.4. The Morgan fingerprint density at radius 3 is 2.73 bits per heavy atom. The molecule has 0 saturated carbocycles. The lowest BCUT2D eigenvalue weighted by atomic mass is 9.80. The lowest BCUT2D eigenvalue weighted by Crippen LogP contribution is -2.27. The number of rotatable bonds is 4. The maximum absolute atomic E-state index is 13.4. The number of hydrogen-bond donors (Lipinski definition) is 2. The molecule has 9 heteroatoms. The monoisotopic (exact) mass is 424 g/mol. The number of benzene rings is 1. The number of nitrogens with zero attached hydrogens (tertiary/aromatic N) is 2. The molecule has 30 heavy (non-hydrogen) atoms. The van der Waals surface area contributed by atoms with E-state index in [0.29, 0.717) is 41.5 Å². The number of carbonyl (C=O) groups is 1. The van der Waals surface area contributed by atoms with Gasteiger partial charge in [0.05, 0.1) is 20.3 Å². The molecule has 2 aliphatic rings. The van der Waals surface area contributed by atoms with Crippen LogP contribution < -0.4 is 20.1 Å². The fourth-order valence-electron chi connectivity index (χ4n) is 4.20. The average molecular weight is 424 g/mol. The van der Waals surface area contributed by atoms with E-state index in [2.05, 4.69) is 27.0 Å². The minimum Gasteiger partial charge on any atom is -0.493 e. The van der Waals surface area contributed by atoms with Crippen LogP contribution in [0, 0.1) is 0 Å². The van der Waals surface area contributed by atoms with Gasteiger partial charge in [-0.1, -0.05) is 18.2 Å². The molecule has 3 heterocycles. The topological polar surface area (TPSA) is 98.5 Å². The Bertz CT molecular complexity index is 1120. The van der Waals surface area contributed by atoms with Crippen molar-refractivity contribution in [2.75, 3.05) is 24.9 Å². The number of thiophene rings is 1. The molecule has 0 saturated heterocycles. The Hall–Kier alpha value is -3.33. The Balaban J connectivity index is 1.65. The molecule has 1 aliphatic heterocycles. The minimum atomic E-state index is -0.484.